The fraction of sp³-hybridized carbons (Fsp3) is 1.00. The molecule has 66 valence electrons. The summed E-state index contributed by atoms with van der Waals surface area (Å²) in [4.78, 5) is 0. The zero-order chi connectivity index (χ0) is 8.48. The molecule has 1 aliphatic carbocycles. The molecule has 1 rings (SSSR count). The van der Waals surface area contributed by atoms with Crippen molar-refractivity contribution in [1.82, 2.24) is 0 Å². The normalized spacial score (nSPS) is 38.5. The molecule has 0 N–H and O–H groups in total. The highest BCUT2D eigenvalue weighted by Crippen LogP contribution is 2.49. The molecular formula is C10H20S. The van der Waals surface area contributed by atoms with E-state index in [0.29, 0.717) is 4.75 Å². The second-order valence-electron chi connectivity index (χ2n) is 4.11. The SMILES string of the molecule is CSC1(C(C)C)CCCC1C. The summed E-state index contributed by atoms with van der Waals surface area (Å²) in [6.45, 7) is 7.17. The summed E-state index contributed by atoms with van der Waals surface area (Å²) in [5, 5.41) is 0. The molecule has 0 aromatic carbocycles. The van der Waals surface area contributed by atoms with Crippen molar-refractivity contribution in [3.63, 3.8) is 0 Å². The zero-order valence-corrected chi connectivity index (χ0v) is 9.00. The van der Waals surface area contributed by atoms with Crippen molar-refractivity contribution < 1.29 is 0 Å². The second-order valence-corrected chi connectivity index (χ2v) is 5.28. The van der Waals surface area contributed by atoms with Gasteiger partial charge in [0.1, 0.15) is 0 Å². The van der Waals surface area contributed by atoms with Gasteiger partial charge < -0.3 is 0 Å². The van der Waals surface area contributed by atoms with Crippen LogP contribution in [0.1, 0.15) is 40.0 Å². The van der Waals surface area contributed by atoms with Crippen LogP contribution < -0.4 is 0 Å². The fourth-order valence-electron chi connectivity index (χ4n) is 2.57. The molecule has 2 atom stereocenters. The molecule has 0 aromatic heterocycles. The Kier molecular flexibility index (Phi) is 2.90. The molecule has 0 aliphatic heterocycles. The lowest BCUT2D eigenvalue weighted by atomic mass is 9.86. The van der Waals surface area contributed by atoms with Crippen LogP contribution in [0.5, 0.6) is 0 Å². The molecule has 11 heavy (non-hydrogen) atoms. The third-order valence-corrected chi connectivity index (χ3v) is 5.23. The first kappa shape index (κ1) is 9.44. The van der Waals surface area contributed by atoms with E-state index in [-0.39, 0.29) is 0 Å². The largest absolute Gasteiger partial charge is 0.158 e. The smallest absolute Gasteiger partial charge is 0.0205 e. The van der Waals surface area contributed by atoms with Crippen LogP contribution in [0.25, 0.3) is 0 Å². The van der Waals surface area contributed by atoms with Gasteiger partial charge in [0.2, 0.25) is 0 Å². The van der Waals surface area contributed by atoms with Crippen molar-refractivity contribution >= 4 is 11.8 Å². The third-order valence-electron chi connectivity index (χ3n) is 3.40. The Morgan fingerprint density at radius 3 is 2.27 bits per heavy atom. The van der Waals surface area contributed by atoms with E-state index in [2.05, 4.69) is 38.8 Å². The Labute approximate surface area is 75.1 Å². The van der Waals surface area contributed by atoms with E-state index in [9.17, 15) is 0 Å². The van der Waals surface area contributed by atoms with Gasteiger partial charge in [0.25, 0.3) is 0 Å². The predicted octanol–water partition coefficient (Wildman–Crippen LogP) is 3.56. The molecule has 2 unspecified atom stereocenters. The van der Waals surface area contributed by atoms with Gasteiger partial charge in [-0.15, -0.1) is 0 Å². The molecule has 0 aromatic rings. The molecule has 1 aliphatic rings. The van der Waals surface area contributed by atoms with Crippen LogP contribution in [0.15, 0.2) is 0 Å². The Balaban J connectivity index is 2.73. The quantitative estimate of drug-likeness (QED) is 0.613. The fourth-order valence-corrected chi connectivity index (χ4v) is 3.91. The minimum Gasteiger partial charge on any atom is -0.158 e. The Morgan fingerprint density at radius 1 is 1.45 bits per heavy atom. The first-order valence-corrected chi connectivity index (χ1v) is 5.91. The molecule has 0 radical (unpaired) electrons. The summed E-state index contributed by atoms with van der Waals surface area (Å²) < 4.78 is 0.611. The van der Waals surface area contributed by atoms with Gasteiger partial charge in [0, 0.05) is 4.75 Å². The second kappa shape index (κ2) is 3.38. The van der Waals surface area contributed by atoms with Crippen LogP contribution in [0.4, 0.5) is 0 Å². The maximum Gasteiger partial charge on any atom is 0.0205 e. The number of thioether (sulfide) groups is 1. The lowest BCUT2D eigenvalue weighted by Crippen LogP contribution is -2.33. The maximum atomic E-state index is 2.42. The standard InChI is InChI=1S/C10H20S/c1-8(2)10(11-4)7-5-6-9(10)3/h8-9H,5-7H2,1-4H3. The van der Waals surface area contributed by atoms with E-state index in [1.165, 1.54) is 19.3 Å². The van der Waals surface area contributed by atoms with Crippen molar-refractivity contribution in [2.45, 2.75) is 44.8 Å². The topological polar surface area (TPSA) is 0 Å². The summed E-state index contributed by atoms with van der Waals surface area (Å²) >= 11 is 2.10. The Morgan fingerprint density at radius 2 is 2.09 bits per heavy atom. The van der Waals surface area contributed by atoms with Crippen molar-refractivity contribution in [3.8, 4) is 0 Å². The molecule has 0 saturated heterocycles. The molecule has 1 saturated carbocycles. The van der Waals surface area contributed by atoms with E-state index in [1.807, 2.05) is 0 Å². The summed E-state index contributed by atoms with van der Waals surface area (Å²) in [5.74, 6) is 1.77. The van der Waals surface area contributed by atoms with Gasteiger partial charge in [0.05, 0.1) is 0 Å². The lowest BCUT2D eigenvalue weighted by Gasteiger charge is -2.36. The average Bonchev–Trinajstić information content (AvgIpc) is 2.32. The predicted molar refractivity (Wildman–Crippen MR) is 54.1 cm³/mol. The van der Waals surface area contributed by atoms with E-state index in [4.69, 9.17) is 0 Å². The van der Waals surface area contributed by atoms with Gasteiger partial charge >= 0.3 is 0 Å². The summed E-state index contributed by atoms with van der Waals surface area (Å²) in [7, 11) is 0. The number of hydrogen-bond acceptors (Lipinski definition) is 1. The van der Waals surface area contributed by atoms with E-state index >= 15 is 0 Å². The third kappa shape index (κ3) is 1.44. The van der Waals surface area contributed by atoms with Gasteiger partial charge in [0.15, 0.2) is 0 Å². The van der Waals surface area contributed by atoms with Crippen LogP contribution in [-0.4, -0.2) is 11.0 Å². The molecule has 1 fully saturated rings. The highest BCUT2D eigenvalue weighted by molar-refractivity contribution is 8.00. The molecule has 0 heterocycles. The van der Waals surface area contributed by atoms with Crippen LogP contribution in [0.2, 0.25) is 0 Å². The van der Waals surface area contributed by atoms with Gasteiger partial charge in [-0.2, -0.15) is 11.8 Å². The van der Waals surface area contributed by atoms with Gasteiger partial charge in [-0.25, -0.2) is 0 Å². The molecule has 0 spiro atoms. The summed E-state index contributed by atoms with van der Waals surface area (Å²) in [6, 6.07) is 0. The lowest BCUT2D eigenvalue weighted by molar-refractivity contribution is 0.361. The molecule has 0 nitrogen and oxygen atoms in total. The van der Waals surface area contributed by atoms with E-state index in [1.54, 1.807) is 0 Å². The monoisotopic (exact) mass is 172 g/mol. The summed E-state index contributed by atoms with van der Waals surface area (Å²) in [6.07, 6.45) is 6.61. The van der Waals surface area contributed by atoms with Crippen LogP contribution in [0, 0.1) is 11.8 Å². The van der Waals surface area contributed by atoms with Crippen molar-refractivity contribution in [1.29, 1.82) is 0 Å². The van der Waals surface area contributed by atoms with Crippen molar-refractivity contribution in [2.24, 2.45) is 11.8 Å². The van der Waals surface area contributed by atoms with Crippen LogP contribution >= 0.6 is 11.8 Å². The first-order valence-electron chi connectivity index (χ1n) is 4.68. The Hall–Kier alpha value is 0.350. The molecule has 0 amide bonds. The van der Waals surface area contributed by atoms with E-state index < -0.39 is 0 Å². The average molecular weight is 172 g/mol. The van der Waals surface area contributed by atoms with Crippen LogP contribution in [-0.2, 0) is 0 Å². The summed E-state index contributed by atoms with van der Waals surface area (Å²) in [5.41, 5.74) is 0. The highest BCUT2D eigenvalue weighted by Gasteiger charge is 2.41. The highest BCUT2D eigenvalue weighted by atomic mass is 32.2. The van der Waals surface area contributed by atoms with Crippen molar-refractivity contribution in [3.05, 3.63) is 0 Å². The Bertz CT molecular complexity index is 131. The zero-order valence-electron chi connectivity index (χ0n) is 8.18. The van der Waals surface area contributed by atoms with Crippen molar-refractivity contribution in [2.75, 3.05) is 6.26 Å². The van der Waals surface area contributed by atoms with Gasteiger partial charge in [-0.1, -0.05) is 27.2 Å². The minimum atomic E-state index is 0.611. The minimum absolute atomic E-state index is 0.611. The molecule has 1 heteroatoms. The van der Waals surface area contributed by atoms with Crippen LogP contribution in [0.3, 0.4) is 0 Å². The number of hydrogen-bond donors (Lipinski definition) is 0. The molecule has 0 bridgehead atoms. The first-order chi connectivity index (χ1) is 5.13. The van der Waals surface area contributed by atoms with Gasteiger partial charge in [-0.05, 0) is 30.9 Å². The van der Waals surface area contributed by atoms with Gasteiger partial charge in [-0.3, -0.25) is 0 Å². The number of rotatable bonds is 2. The molecular weight excluding hydrogens is 152 g/mol. The van der Waals surface area contributed by atoms with E-state index in [0.717, 1.165) is 11.8 Å². The maximum absolute atomic E-state index is 2.42.